The Kier molecular flexibility index (Phi) is 7.80. The number of carboxylic acid groups (broad SMARTS) is 1. The van der Waals surface area contributed by atoms with Gasteiger partial charge in [-0.2, -0.15) is 0 Å². The second kappa shape index (κ2) is 10.6. The molecule has 3 amide bonds. The van der Waals surface area contributed by atoms with Crippen molar-refractivity contribution in [2.75, 3.05) is 19.6 Å². The molecule has 2 aromatic rings. The number of ether oxygens (including phenoxy) is 1. The molecule has 184 valence electrons. The fraction of sp³-hybridized carbons (Fsp3) is 0.500. The number of benzene rings is 1. The molecule has 0 bridgehead atoms. The molecule has 0 aliphatic carbocycles. The number of aromatic nitrogens is 1. The van der Waals surface area contributed by atoms with Gasteiger partial charge in [-0.05, 0) is 45.2 Å². The van der Waals surface area contributed by atoms with Crippen LogP contribution >= 0.6 is 0 Å². The smallest absolute Gasteiger partial charge is 0.408 e. The summed E-state index contributed by atoms with van der Waals surface area (Å²) >= 11 is 0. The maximum absolute atomic E-state index is 12.8. The minimum atomic E-state index is -1.10. The van der Waals surface area contributed by atoms with Gasteiger partial charge in [-0.1, -0.05) is 18.2 Å². The van der Waals surface area contributed by atoms with Gasteiger partial charge in [0.1, 0.15) is 18.2 Å². The number of para-hydroxylation sites is 1. The van der Waals surface area contributed by atoms with Gasteiger partial charge in [0.25, 0.3) is 0 Å². The number of carbonyl (C=O) groups excluding carboxylic acids is 3. The summed E-state index contributed by atoms with van der Waals surface area (Å²) < 4.78 is 5.12. The number of aromatic amines is 1. The third-order valence-electron chi connectivity index (χ3n) is 5.71. The lowest BCUT2D eigenvalue weighted by Crippen LogP contribution is -2.49. The van der Waals surface area contributed by atoms with E-state index in [1.807, 2.05) is 24.3 Å². The summed E-state index contributed by atoms with van der Waals surface area (Å²) in [6, 6.07) is 6.54. The largest absolute Gasteiger partial charge is 0.480 e. The van der Waals surface area contributed by atoms with Crippen LogP contribution in [0.25, 0.3) is 10.9 Å². The molecule has 1 aromatic heterocycles. The number of hydrogen-bond acceptors (Lipinski definition) is 5. The molecule has 10 nitrogen and oxygen atoms in total. The van der Waals surface area contributed by atoms with E-state index >= 15 is 0 Å². The van der Waals surface area contributed by atoms with Gasteiger partial charge in [-0.3, -0.25) is 9.59 Å². The number of hydrogen-bond donors (Lipinski definition) is 4. The Morgan fingerprint density at radius 2 is 1.85 bits per heavy atom. The first-order valence-corrected chi connectivity index (χ1v) is 11.4. The third-order valence-corrected chi connectivity index (χ3v) is 5.71. The zero-order valence-corrected chi connectivity index (χ0v) is 19.7. The van der Waals surface area contributed by atoms with Crippen LogP contribution in [0.2, 0.25) is 0 Å². The van der Waals surface area contributed by atoms with Gasteiger partial charge in [0.2, 0.25) is 11.8 Å². The van der Waals surface area contributed by atoms with E-state index in [2.05, 4.69) is 15.6 Å². The first-order valence-electron chi connectivity index (χ1n) is 11.4. The van der Waals surface area contributed by atoms with E-state index in [9.17, 15) is 24.3 Å². The fourth-order valence-corrected chi connectivity index (χ4v) is 3.97. The van der Waals surface area contributed by atoms with Crippen molar-refractivity contribution in [1.82, 2.24) is 20.5 Å². The minimum Gasteiger partial charge on any atom is -0.480 e. The van der Waals surface area contributed by atoms with Crippen molar-refractivity contribution < 1.29 is 29.0 Å². The quantitative estimate of drug-likeness (QED) is 0.486. The molecule has 1 atom stereocenters. The first kappa shape index (κ1) is 25.1. The Hall–Kier alpha value is -3.56. The van der Waals surface area contributed by atoms with E-state index in [-0.39, 0.29) is 30.7 Å². The highest BCUT2D eigenvalue weighted by molar-refractivity contribution is 5.88. The van der Waals surface area contributed by atoms with Crippen LogP contribution in [-0.4, -0.2) is 70.1 Å². The van der Waals surface area contributed by atoms with Crippen LogP contribution in [-0.2, 0) is 25.5 Å². The summed E-state index contributed by atoms with van der Waals surface area (Å²) in [7, 11) is 0. The van der Waals surface area contributed by atoms with Crippen LogP contribution in [0.15, 0.2) is 30.5 Å². The standard InChI is InChI=1S/C24H32N4O6/c1-24(2,3)34-23(33)26-14-20(29)28-10-8-15(9-11-28)21(30)27-19(22(31)32)12-16-13-25-18-7-5-4-6-17(16)18/h4-7,13,15,19,25H,8-12,14H2,1-3H3,(H,26,33)(H,27,30)(H,31,32). The Morgan fingerprint density at radius 3 is 2.50 bits per heavy atom. The molecule has 0 saturated carbocycles. The highest BCUT2D eigenvalue weighted by atomic mass is 16.6. The predicted octanol–water partition coefficient (Wildman–Crippen LogP) is 2.04. The van der Waals surface area contributed by atoms with E-state index in [0.717, 1.165) is 16.5 Å². The van der Waals surface area contributed by atoms with Gasteiger partial charge in [-0.25, -0.2) is 9.59 Å². The van der Waals surface area contributed by atoms with E-state index < -0.39 is 23.7 Å². The fourth-order valence-electron chi connectivity index (χ4n) is 3.97. The zero-order valence-electron chi connectivity index (χ0n) is 19.7. The molecule has 0 spiro atoms. The van der Waals surface area contributed by atoms with Crippen LogP contribution in [0.3, 0.4) is 0 Å². The SMILES string of the molecule is CC(C)(C)OC(=O)NCC(=O)N1CCC(C(=O)NC(Cc2c[nH]c3ccccc23)C(=O)O)CC1. The summed E-state index contributed by atoms with van der Waals surface area (Å²) in [6.07, 6.45) is 2.11. The van der Waals surface area contributed by atoms with Crippen molar-refractivity contribution in [2.24, 2.45) is 5.92 Å². The second-order valence-corrected chi connectivity index (χ2v) is 9.47. The number of likely N-dealkylation sites (tertiary alicyclic amines) is 1. The lowest BCUT2D eigenvalue weighted by molar-refractivity contribution is -0.143. The molecule has 34 heavy (non-hydrogen) atoms. The Bertz CT molecular complexity index is 1050. The molecule has 0 radical (unpaired) electrons. The van der Waals surface area contributed by atoms with Crippen molar-refractivity contribution in [3.8, 4) is 0 Å². The summed E-state index contributed by atoms with van der Waals surface area (Å²) in [4.78, 5) is 53.4. The molecule has 1 aliphatic heterocycles. The van der Waals surface area contributed by atoms with Gasteiger partial charge in [0, 0.05) is 42.5 Å². The number of alkyl carbamates (subject to hydrolysis) is 1. The van der Waals surface area contributed by atoms with Gasteiger partial charge in [0.15, 0.2) is 0 Å². The third kappa shape index (κ3) is 6.72. The van der Waals surface area contributed by atoms with Crippen molar-refractivity contribution in [1.29, 1.82) is 0 Å². The predicted molar refractivity (Wildman–Crippen MR) is 125 cm³/mol. The van der Waals surface area contributed by atoms with Crippen molar-refractivity contribution >= 4 is 34.8 Å². The van der Waals surface area contributed by atoms with E-state index in [0.29, 0.717) is 25.9 Å². The number of rotatable bonds is 7. The van der Waals surface area contributed by atoms with Crippen LogP contribution < -0.4 is 10.6 Å². The molecule has 1 aliphatic rings. The van der Waals surface area contributed by atoms with Crippen LogP contribution in [0.4, 0.5) is 4.79 Å². The molecule has 1 fully saturated rings. The highest BCUT2D eigenvalue weighted by Gasteiger charge is 2.30. The molecular formula is C24H32N4O6. The van der Waals surface area contributed by atoms with Crippen molar-refractivity contribution in [2.45, 2.75) is 51.7 Å². The number of fused-ring (bicyclic) bond motifs is 1. The number of piperidine rings is 1. The molecule has 4 N–H and O–H groups in total. The number of amides is 3. The highest BCUT2D eigenvalue weighted by Crippen LogP contribution is 2.21. The molecule has 10 heteroatoms. The maximum atomic E-state index is 12.8. The van der Waals surface area contributed by atoms with E-state index in [1.54, 1.807) is 31.9 Å². The molecule has 2 heterocycles. The molecule has 1 aromatic carbocycles. The normalized spacial score (nSPS) is 15.6. The summed E-state index contributed by atoms with van der Waals surface area (Å²) in [5.74, 6) is -2.06. The van der Waals surface area contributed by atoms with Crippen LogP contribution in [0, 0.1) is 5.92 Å². The number of H-pyrrole nitrogens is 1. The number of carbonyl (C=O) groups is 4. The lowest BCUT2D eigenvalue weighted by Gasteiger charge is -2.32. The Morgan fingerprint density at radius 1 is 1.18 bits per heavy atom. The van der Waals surface area contributed by atoms with Gasteiger partial charge in [0.05, 0.1) is 0 Å². The Balaban J connectivity index is 1.48. The number of carboxylic acids is 1. The average molecular weight is 473 g/mol. The number of aliphatic carboxylic acids is 1. The summed E-state index contributed by atoms with van der Waals surface area (Å²) in [5, 5.41) is 15.7. The molecule has 3 rings (SSSR count). The number of nitrogens with one attached hydrogen (secondary N) is 3. The van der Waals surface area contributed by atoms with Gasteiger partial charge < -0.3 is 30.4 Å². The number of nitrogens with zero attached hydrogens (tertiary/aromatic N) is 1. The van der Waals surface area contributed by atoms with Crippen molar-refractivity contribution in [3.63, 3.8) is 0 Å². The van der Waals surface area contributed by atoms with Crippen LogP contribution in [0.5, 0.6) is 0 Å². The minimum absolute atomic E-state index is 0.165. The van der Waals surface area contributed by atoms with E-state index in [4.69, 9.17) is 4.74 Å². The molecule has 1 saturated heterocycles. The summed E-state index contributed by atoms with van der Waals surface area (Å²) in [6.45, 7) is 5.73. The zero-order chi connectivity index (χ0) is 24.9. The Labute approximate surface area is 198 Å². The maximum Gasteiger partial charge on any atom is 0.408 e. The van der Waals surface area contributed by atoms with Crippen molar-refractivity contribution in [3.05, 3.63) is 36.0 Å². The summed E-state index contributed by atoms with van der Waals surface area (Å²) in [5.41, 5.74) is 1.08. The van der Waals surface area contributed by atoms with Crippen LogP contribution in [0.1, 0.15) is 39.2 Å². The average Bonchev–Trinajstić information content (AvgIpc) is 3.18. The first-order chi connectivity index (χ1) is 16.0. The van der Waals surface area contributed by atoms with Gasteiger partial charge in [-0.15, -0.1) is 0 Å². The molecular weight excluding hydrogens is 440 g/mol. The monoisotopic (exact) mass is 472 g/mol. The van der Waals surface area contributed by atoms with E-state index in [1.165, 1.54) is 0 Å². The second-order valence-electron chi connectivity index (χ2n) is 9.47. The van der Waals surface area contributed by atoms with Gasteiger partial charge >= 0.3 is 12.1 Å². The topological polar surface area (TPSA) is 141 Å². The molecule has 1 unspecified atom stereocenters. The lowest BCUT2D eigenvalue weighted by atomic mass is 9.95.